The molecule has 8 heteroatoms. The van der Waals surface area contributed by atoms with Crippen LogP contribution in [-0.4, -0.2) is 69.2 Å². The van der Waals surface area contributed by atoms with Gasteiger partial charge in [-0.3, -0.25) is 9.79 Å². The fourth-order valence-corrected chi connectivity index (χ4v) is 2.46. The number of rotatable bonds is 8. The highest BCUT2D eigenvalue weighted by molar-refractivity contribution is 5.94. The van der Waals surface area contributed by atoms with Gasteiger partial charge in [-0.1, -0.05) is 12.1 Å². The van der Waals surface area contributed by atoms with E-state index in [2.05, 4.69) is 20.9 Å². The molecule has 0 aliphatic rings. The highest BCUT2D eigenvalue weighted by Crippen LogP contribution is 2.08. The summed E-state index contributed by atoms with van der Waals surface area (Å²) in [5.74, 6) is 0.695. The highest BCUT2D eigenvalue weighted by Gasteiger charge is 2.15. The zero-order valence-electron chi connectivity index (χ0n) is 18.5. The molecule has 0 saturated carbocycles. The Balaban J connectivity index is 2.29. The Kier molecular flexibility index (Phi) is 9.99. The van der Waals surface area contributed by atoms with E-state index in [9.17, 15) is 9.59 Å². The van der Waals surface area contributed by atoms with Gasteiger partial charge in [-0.05, 0) is 51.3 Å². The second kappa shape index (κ2) is 11.9. The quantitative estimate of drug-likeness (QED) is 0.349. The van der Waals surface area contributed by atoms with Crippen LogP contribution in [0.25, 0.3) is 0 Å². The normalized spacial score (nSPS) is 11.6. The van der Waals surface area contributed by atoms with Gasteiger partial charge in [-0.2, -0.15) is 0 Å². The number of carbonyl (C=O) groups is 2. The molecule has 8 nitrogen and oxygen atoms in total. The van der Waals surface area contributed by atoms with Crippen LogP contribution in [0.1, 0.15) is 43.1 Å². The van der Waals surface area contributed by atoms with Crippen molar-refractivity contribution >= 4 is 18.0 Å². The van der Waals surface area contributed by atoms with Crippen molar-refractivity contribution in [2.24, 2.45) is 4.99 Å². The van der Waals surface area contributed by atoms with Gasteiger partial charge in [-0.15, -0.1) is 0 Å². The maximum absolute atomic E-state index is 12.1. The van der Waals surface area contributed by atoms with Crippen molar-refractivity contribution in [3.63, 3.8) is 0 Å². The number of guanidine groups is 1. The summed E-state index contributed by atoms with van der Waals surface area (Å²) in [6.07, 6.45) is 1.11. The van der Waals surface area contributed by atoms with Crippen LogP contribution in [0.15, 0.2) is 29.3 Å². The maximum atomic E-state index is 12.1. The van der Waals surface area contributed by atoms with Crippen molar-refractivity contribution in [1.29, 1.82) is 0 Å². The van der Waals surface area contributed by atoms with Gasteiger partial charge >= 0.3 is 6.09 Å². The molecule has 0 bridgehead atoms. The van der Waals surface area contributed by atoms with E-state index in [-0.39, 0.29) is 5.91 Å². The van der Waals surface area contributed by atoms with E-state index in [1.165, 1.54) is 0 Å². The first-order valence-electron chi connectivity index (χ1n) is 9.84. The lowest BCUT2D eigenvalue weighted by molar-refractivity contribution is 0.0527. The molecule has 162 valence electrons. The van der Waals surface area contributed by atoms with Crippen molar-refractivity contribution in [2.45, 2.75) is 39.2 Å². The predicted molar refractivity (Wildman–Crippen MR) is 116 cm³/mol. The minimum atomic E-state index is -0.493. The molecule has 29 heavy (non-hydrogen) atoms. The second-order valence-electron chi connectivity index (χ2n) is 7.86. The summed E-state index contributed by atoms with van der Waals surface area (Å²) in [6, 6.07) is 7.65. The van der Waals surface area contributed by atoms with Gasteiger partial charge in [0.1, 0.15) is 5.60 Å². The lowest BCUT2D eigenvalue weighted by Crippen LogP contribution is -2.40. The van der Waals surface area contributed by atoms with Gasteiger partial charge in [0.05, 0.1) is 0 Å². The summed E-state index contributed by atoms with van der Waals surface area (Å²) in [6.45, 7) is 7.38. The molecule has 0 aliphatic heterocycles. The van der Waals surface area contributed by atoms with E-state index in [1.54, 1.807) is 26.0 Å². The van der Waals surface area contributed by atoms with E-state index in [1.807, 2.05) is 45.0 Å². The molecule has 0 fully saturated rings. The Morgan fingerprint density at radius 2 is 1.72 bits per heavy atom. The smallest absolute Gasteiger partial charge is 0.407 e. The number of nitrogens with zero attached hydrogens (tertiary/aromatic N) is 2. The number of carbonyl (C=O) groups excluding carboxylic acids is 2. The largest absolute Gasteiger partial charge is 0.444 e. The molecule has 0 unspecified atom stereocenters. The van der Waals surface area contributed by atoms with Crippen LogP contribution in [0, 0.1) is 0 Å². The fraction of sp³-hybridized carbons (Fsp3) is 0.571. The standard InChI is InChI=1S/C21H35N5O3/c1-21(2,3)29-20(28)25-13-8-12-23-19(22-4)24-14-11-16-9-7-10-17(15-16)18(27)26(5)6/h7,9-10,15H,8,11-14H2,1-6H3,(H,25,28)(H2,22,23,24). The number of hydrogen-bond donors (Lipinski definition) is 3. The molecule has 0 saturated heterocycles. The van der Waals surface area contributed by atoms with Crippen molar-refractivity contribution in [3.05, 3.63) is 35.4 Å². The first-order chi connectivity index (χ1) is 13.6. The van der Waals surface area contributed by atoms with Crippen molar-refractivity contribution < 1.29 is 14.3 Å². The Labute approximate surface area is 174 Å². The van der Waals surface area contributed by atoms with Gasteiger partial charge in [0.2, 0.25) is 0 Å². The summed E-state index contributed by atoms with van der Waals surface area (Å²) in [5, 5.41) is 9.19. The van der Waals surface area contributed by atoms with E-state index < -0.39 is 11.7 Å². The lowest BCUT2D eigenvalue weighted by Gasteiger charge is -2.19. The summed E-state index contributed by atoms with van der Waals surface area (Å²) < 4.78 is 5.19. The summed E-state index contributed by atoms with van der Waals surface area (Å²) >= 11 is 0. The summed E-state index contributed by atoms with van der Waals surface area (Å²) in [4.78, 5) is 29.4. The van der Waals surface area contributed by atoms with Gasteiger partial charge < -0.3 is 25.6 Å². The lowest BCUT2D eigenvalue weighted by atomic mass is 10.1. The average molecular weight is 406 g/mol. The van der Waals surface area contributed by atoms with Crippen molar-refractivity contribution in [2.75, 3.05) is 40.8 Å². The maximum Gasteiger partial charge on any atom is 0.407 e. The molecule has 1 aromatic rings. The van der Waals surface area contributed by atoms with E-state index >= 15 is 0 Å². The molecule has 0 heterocycles. The Bertz CT molecular complexity index is 696. The first kappa shape index (κ1) is 24.3. The van der Waals surface area contributed by atoms with E-state index in [0.717, 1.165) is 18.4 Å². The number of alkyl carbamates (subject to hydrolysis) is 1. The molecule has 3 N–H and O–H groups in total. The molecule has 1 rings (SSSR count). The number of nitrogens with one attached hydrogen (secondary N) is 3. The van der Waals surface area contributed by atoms with Crippen LogP contribution in [0.5, 0.6) is 0 Å². The number of hydrogen-bond acceptors (Lipinski definition) is 4. The number of ether oxygens (including phenoxy) is 1. The van der Waals surface area contributed by atoms with Gasteiger partial charge in [0, 0.05) is 46.3 Å². The van der Waals surface area contributed by atoms with Crippen molar-refractivity contribution in [3.8, 4) is 0 Å². The van der Waals surface area contributed by atoms with Gasteiger partial charge in [-0.25, -0.2) is 4.79 Å². The van der Waals surface area contributed by atoms with E-state index in [4.69, 9.17) is 4.74 Å². The molecular formula is C21H35N5O3. The minimum absolute atomic E-state index is 0.00252. The SMILES string of the molecule is CN=C(NCCCNC(=O)OC(C)(C)C)NCCc1cccc(C(=O)N(C)C)c1. The predicted octanol–water partition coefficient (Wildman–Crippen LogP) is 2.01. The van der Waals surface area contributed by atoms with Crippen LogP contribution < -0.4 is 16.0 Å². The van der Waals surface area contributed by atoms with Crippen LogP contribution in [-0.2, 0) is 11.2 Å². The zero-order chi connectivity index (χ0) is 21.9. The molecule has 0 spiro atoms. The molecule has 0 radical (unpaired) electrons. The number of amides is 2. The molecule has 2 amide bonds. The summed E-state index contributed by atoms with van der Waals surface area (Å²) in [5.41, 5.74) is 1.28. The molecular weight excluding hydrogens is 370 g/mol. The molecule has 0 atom stereocenters. The van der Waals surface area contributed by atoms with Crippen LogP contribution in [0.3, 0.4) is 0 Å². The van der Waals surface area contributed by atoms with Crippen molar-refractivity contribution in [1.82, 2.24) is 20.9 Å². The van der Waals surface area contributed by atoms with Crippen LogP contribution >= 0.6 is 0 Å². The molecule has 1 aromatic carbocycles. The highest BCUT2D eigenvalue weighted by atomic mass is 16.6. The third-order valence-corrected chi connectivity index (χ3v) is 3.82. The second-order valence-corrected chi connectivity index (χ2v) is 7.86. The van der Waals surface area contributed by atoms with E-state index in [0.29, 0.717) is 31.2 Å². The third-order valence-electron chi connectivity index (χ3n) is 3.82. The topological polar surface area (TPSA) is 95.1 Å². The number of aliphatic imine (C=N–C) groups is 1. The Hall–Kier alpha value is -2.77. The fourth-order valence-electron chi connectivity index (χ4n) is 2.46. The average Bonchev–Trinajstić information content (AvgIpc) is 2.64. The third kappa shape index (κ3) is 10.4. The van der Waals surface area contributed by atoms with Crippen LogP contribution in [0.4, 0.5) is 4.79 Å². The summed E-state index contributed by atoms with van der Waals surface area (Å²) in [7, 11) is 5.20. The van der Waals surface area contributed by atoms with Gasteiger partial charge in [0.25, 0.3) is 5.91 Å². The monoisotopic (exact) mass is 405 g/mol. The van der Waals surface area contributed by atoms with Crippen LogP contribution in [0.2, 0.25) is 0 Å². The Morgan fingerprint density at radius 1 is 1.07 bits per heavy atom. The molecule has 0 aliphatic carbocycles. The zero-order valence-corrected chi connectivity index (χ0v) is 18.5. The Morgan fingerprint density at radius 3 is 2.34 bits per heavy atom. The number of benzene rings is 1. The molecule has 0 aromatic heterocycles. The first-order valence-corrected chi connectivity index (χ1v) is 9.84. The van der Waals surface area contributed by atoms with Gasteiger partial charge in [0.15, 0.2) is 5.96 Å². The minimum Gasteiger partial charge on any atom is -0.444 e.